The number of hydrogen-bond donors (Lipinski definition) is 0. The number of benzene rings is 1. The molecule has 0 fully saturated rings. The van der Waals surface area contributed by atoms with Gasteiger partial charge in [-0.1, -0.05) is 19.6 Å². The summed E-state index contributed by atoms with van der Waals surface area (Å²) < 4.78 is 11.2. The maximum atomic E-state index is 5.96. The minimum atomic E-state index is -1.04. The first kappa shape index (κ1) is 11.5. The molecule has 0 saturated heterocycles. The summed E-state index contributed by atoms with van der Waals surface area (Å²) in [7, 11) is 0.666. The van der Waals surface area contributed by atoms with Gasteiger partial charge in [-0.05, 0) is 24.2 Å². The molecule has 0 amide bonds. The van der Waals surface area contributed by atoms with E-state index in [1.807, 2.05) is 12.1 Å². The Hall–Kier alpha value is -0.963. The van der Waals surface area contributed by atoms with Gasteiger partial charge in [0.2, 0.25) is 0 Å². The van der Waals surface area contributed by atoms with E-state index in [0.29, 0.717) is 6.10 Å². The van der Waals surface area contributed by atoms with E-state index in [-0.39, 0.29) is 0 Å². The molecule has 1 unspecified atom stereocenters. The lowest BCUT2D eigenvalue weighted by atomic mass is 10.1. The molecule has 0 aromatic heterocycles. The van der Waals surface area contributed by atoms with Gasteiger partial charge in [-0.3, -0.25) is 0 Å². The molecular weight excluding hydrogens is 216 g/mol. The van der Waals surface area contributed by atoms with Crippen LogP contribution in [0, 0.1) is 0 Å². The van der Waals surface area contributed by atoms with Crippen LogP contribution in [0.5, 0.6) is 11.5 Å². The first-order valence-electron chi connectivity index (χ1n) is 5.81. The van der Waals surface area contributed by atoms with Crippen molar-refractivity contribution < 1.29 is 9.47 Å². The number of fused-ring (bicyclic) bond motifs is 1. The summed E-state index contributed by atoms with van der Waals surface area (Å²) in [6.45, 7) is 7.17. The van der Waals surface area contributed by atoms with Gasteiger partial charge in [0.1, 0.15) is 17.6 Å². The molecule has 3 heteroatoms. The second kappa shape index (κ2) is 4.13. The van der Waals surface area contributed by atoms with Crippen LogP contribution >= 0.6 is 0 Å². The van der Waals surface area contributed by atoms with Crippen molar-refractivity contribution in [3.63, 3.8) is 0 Å². The maximum Gasteiger partial charge on any atom is 0.123 e. The third kappa shape index (κ3) is 2.58. The molecule has 0 radical (unpaired) electrons. The highest BCUT2D eigenvalue weighted by Gasteiger charge is 2.28. The highest BCUT2D eigenvalue weighted by Crippen LogP contribution is 2.34. The molecule has 0 saturated carbocycles. The van der Waals surface area contributed by atoms with Crippen LogP contribution in [-0.4, -0.2) is 21.3 Å². The molecule has 1 aliphatic rings. The Kier molecular flexibility index (Phi) is 2.97. The zero-order valence-electron chi connectivity index (χ0n) is 10.5. The predicted octanol–water partition coefficient (Wildman–Crippen LogP) is 3.34. The van der Waals surface area contributed by atoms with E-state index in [0.717, 1.165) is 17.9 Å². The van der Waals surface area contributed by atoms with Crippen molar-refractivity contribution in [2.75, 3.05) is 7.11 Å². The maximum absolute atomic E-state index is 5.96. The summed E-state index contributed by atoms with van der Waals surface area (Å²) in [5, 5.41) is 0. The van der Waals surface area contributed by atoms with Gasteiger partial charge < -0.3 is 9.47 Å². The van der Waals surface area contributed by atoms with Crippen molar-refractivity contribution in [3.05, 3.63) is 23.8 Å². The van der Waals surface area contributed by atoms with Crippen LogP contribution in [0.15, 0.2) is 18.2 Å². The van der Waals surface area contributed by atoms with Gasteiger partial charge in [0.05, 0.1) is 7.11 Å². The molecule has 16 heavy (non-hydrogen) atoms. The Balaban J connectivity index is 2.09. The lowest BCUT2D eigenvalue weighted by molar-refractivity contribution is 0.252. The Morgan fingerprint density at radius 3 is 2.75 bits per heavy atom. The molecule has 0 spiro atoms. The molecular formula is C13H20O2Si. The number of ether oxygens (including phenoxy) is 2. The molecule has 1 aromatic rings. The standard InChI is InChI=1S/C13H20O2Si/c1-14-11-5-6-13-10(7-11)8-12(15-13)9-16(2,3)4/h5-7,12H,8-9H2,1-4H3. The smallest absolute Gasteiger partial charge is 0.123 e. The van der Waals surface area contributed by atoms with Gasteiger partial charge in [0.15, 0.2) is 0 Å². The number of methoxy groups -OCH3 is 1. The van der Waals surface area contributed by atoms with E-state index in [9.17, 15) is 0 Å². The van der Waals surface area contributed by atoms with Crippen LogP contribution in [0.2, 0.25) is 25.7 Å². The van der Waals surface area contributed by atoms with E-state index >= 15 is 0 Å². The minimum Gasteiger partial charge on any atom is -0.497 e. The summed E-state index contributed by atoms with van der Waals surface area (Å²) in [4.78, 5) is 0. The van der Waals surface area contributed by atoms with Crippen molar-refractivity contribution in [2.24, 2.45) is 0 Å². The van der Waals surface area contributed by atoms with E-state index in [1.165, 1.54) is 11.6 Å². The van der Waals surface area contributed by atoms with E-state index in [4.69, 9.17) is 9.47 Å². The minimum absolute atomic E-state index is 0.383. The monoisotopic (exact) mass is 236 g/mol. The SMILES string of the molecule is COc1ccc2c(c1)CC(C[Si](C)(C)C)O2. The third-order valence-corrected chi connectivity index (χ3v) is 4.53. The largest absolute Gasteiger partial charge is 0.497 e. The summed E-state index contributed by atoms with van der Waals surface area (Å²) in [5.74, 6) is 1.97. The second-order valence-corrected chi connectivity index (χ2v) is 11.2. The Morgan fingerprint density at radius 1 is 1.38 bits per heavy atom. The fourth-order valence-electron chi connectivity index (χ4n) is 2.22. The highest BCUT2D eigenvalue weighted by molar-refractivity contribution is 6.76. The molecule has 1 heterocycles. The Bertz CT molecular complexity index is 382. The first-order valence-corrected chi connectivity index (χ1v) is 9.52. The van der Waals surface area contributed by atoms with Crippen LogP contribution in [-0.2, 0) is 6.42 Å². The van der Waals surface area contributed by atoms with Gasteiger partial charge in [0.25, 0.3) is 0 Å². The van der Waals surface area contributed by atoms with Crippen molar-refractivity contribution in [1.29, 1.82) is 0 Å². The lowest BCUT2D eigenvalue weighted by Crippen LogP contribution is -2.29. The second-order valence-electron chi connectivity index (χ2n) is 5.68. The predicted molar refractivity (Wildman–Crippen MR) is 69.3 cm³/mol. The molecule has 88 valence electrons. The summed E-state index contributed by atoms with van der Waals surface area (Å²) >= 11 is 0. The molecule has 0 N–H and O–H groups in total. The molecule has 1 atom stereocenters. The average Bonchev–Trinajstić information content (AvgIpc) is 2.55. The normalized spacial score (nSPS) is 19.1. The molecule has 2 rings (SSSR count). The average molecular weight is 236 g/mol. The molecule has 0 bridgehead atoms. The first-order chi connectivity index (χ1) is 7.48. The van der Waals surface area contributed by atoms with Gasteiger partial charge in [0, 0.05) is 20.1 Å². The fourth-order valence-corrected chi connectivity index (χ4v) is 3.81. The van der Waals surface area contributed by atoms with Crippen LogP contribution < -0.4 is 9.47 Å². The Labute approximate surface area is 98.6 Å². The molecule has 1 aromatic carbocycles. The summed E-state index contributed by atoms with van der Waals surface area (Å²) in [6, 6.07) is 7.32. The zero-order chi connectivity index (χ0) is 11.8. The topological polar surface area (TPSA) is 18.5 Å². The van der Waals surface area contributed by atoms with Crippen LogP contribution in [0.25, 0.3) is 0 Å². The Morgan fingerprint density at radius 2 is 2.12 bits per heavy atom. The van der Waals surface area contributed by atoms with Crippen LogP contribution in [0.1, 0.15) is 5.56 Å². The fraction of sp³-hybridized carbons (Fsp3) is 0.538. The van der Waals surface area contributed by atoms with Crippen molar-refractivity contribution in [3.8, 4) is 11.5 Å². The third-order valence-electron chi connectivity index (χ3n) is 2.85. The van der Waals surface area contributed by atoms with E-state index in [1.54, 1.807) is 7.11 Å². The van der Waals surface area contributed by atoms with Crippen molar-refractivity contribution in [1.82, 2.24) is 0 Å². The molecule has 2 nitrogen and oxygen atoms in total. The van der Waals surface area contributed by atoms with Gasteiger partial charge in [-0.2, -0.15) is 0 Å². The van der Waals surface area contributed by atoms with E-state index < -0.39 is 8.07 Å². The van der Waals surface area contributed by atoms with Gasteiger partial charge in [-0.25, -0.2) is 0 Å². The van der Waals surface area contributed by atoms with E-state index in [2.05, 4.69) is 25.7 Å². The van der Waals surface area contributed by atoms with Gasteiger partial charge in [-0.15, -0.1) is 0 Å². The number of hydrogen-bond acceptors (Lipinski definition) is 2. The lowest BCUT2D eigenvalue weighted by Gasteiger charge is -2.20. The molecule has 1 aliphatic heterocycles. The quantitative estimate of drug-likeness (QED) is 0.749. The van der Waals surface area contributed by atoms with Crippen LogP contribution in [0.3, 0.4) is 0 Å². The van der Waals surface area contributed by atoms with Gasteiger partial charge >= 0.3 is 0 Å². The summed E-state index contributed by atoms with van der Waals surface area (Å²) in [6.07, 6.45) is 1.42. The zero-order valence-corrected chi connectivity index (χ0v) is 11.5. The molecule has 0 aliphatic carbocycles. The van der Waals surface area contributed by atoms with Crippen molar-refractivity contribution in [2.45, 2.75) is 38.2 Å². The van der Waals surface area contributed by atoms with Crippen molar-refractivity contribution >= 4 is 8.07 Å². The highest BCUT2D eigenvalue weighted by atomic mass is 28.3. The number of rotatable bonds is 3. The summed E-state index contributed by atoms with van der Waals surface area (Å²) in [5.41, 5.74) is 1.29. The van der Waals surface area contributed by atoms with Crippen LogP contribution in [0.4, 0.5) is 0 Å².